The van der Waals surface area contributed by atoms with Gasteiger partial charge in [-0.05, 0) is 14.1 Å². The number of hydrogen-bond acceptors (Lipinski definition) is 3. The number of hydrogen-bond donors (Lipinski definition) is 3. The second-order valence-electron chi connectivity index (χ2n) is 0.500. The Kier molecular flexibility index (Phi) is 73.6. The minimum atomic E-state index is 1.88. The van der Waals surface area contributed by atoms with Crippen molar-refractivity contribution in [3.8, 4) is 0 Å². The van der Waals surface area contributed by atoms with Crippen molar-refractivity contribution in [1.29, 1.82) is 0 Å². The smallest absolute Gasteiger partial charge is 0.0167 e. The van der Waals surface area contributed by atoms with Crippen LogP contribution in [0, 0.1) is 0 Å². The van der Waals surface area contributed by atoms with Crippen molar-refractivity contribution in [2.24, 2.45) is 0 Å². The van der Waals surface area contributed by atoms with E-state index in [2.05, 4.69) is 5.32 Å². The van der Waals surface area contributed by atoms with Crippen molar-refractivity contribution in [3.63, 3.8) is 0 Å². The van der Waals surface area contributed by atoms with Crippen LogP contribution in [0.25, 0.3) is 0 Å². The zero-order chi connectivity index (χ0) is 4.71. The summed E-state index contributed by atoms with van der Waals surface area (Å²) < 4.78 is 0. The van der Waals surface area contributed by atoms with Gasteiger partial charge in [0.25, 0.3) is 0 Å². The molecule has 0 unspecified atom stereocenters. The third-order valence-electron chi connectivity index (χ3n) is 0. The van der Waals surface area contributed by atoms with Crippen molar-refractivity contribution in [2.45, 2.75) is 0 Å². The molecular formula is C2H9NO2. The number of nitrogens with one attached hydrogen (secondary N) is 1. The van der Waals surface area contributed by atoms with Gasteiger partial charge in [0.1, 0.15) is 0 Å². The van der Waals surface area contributed by atoms with Crippen LogP contribution in [0.4, 0.5) is 0 Å². The van der Waals surface area contributed by atoms with Crippen molar-refractivity contribution < 1.29 is 10.5 Å². The molecule has 0 aliphatic carbocycles. The summed E-state index contributed by atoms with van der Waals surface area (Å²) in [5, 5.41) is 14.8. The molecule has 0 aromatic rings. The Labute approximate surface area is 31.2 Å². The lowest BCUT2D eigenvalue weighted by molar-refractivity contribution is -0.176. The molecule has 0 amide bonds. The van der Waals surface area contributed by atoms with Gasteiger partial charge in [-0.1, -0.05) is 0 Å². The molecular weight excluding hydrogens is 70.0 g/mol. The lowest BCUT2D eigenvalue weighted by Crippen LogP contribution is -1.89. The summed E-state index contributed by atoms with van der Waals surface area (Å²) in [7, 11) is 3.75. The Balaban J connectivity index is 0. The predicted octanol–water partition coefficient (Wildman–Crippen LogP) is -0.147. The van der Waals surface area contributed by atoms with Crippen LogP contribution in [0.3, 0.4) is 0 Å². The Morgan fingerprint density at radius 2 is 1.20 bits per heavy atom. The van der Waals surface area contributed by atoms with Gasteiger partial charge in [0.15, 0.2) is 0 Å². The SMILES string of the molecule is CNC.OO. The molecule has 0 saturated heterocycles. The van der Waals surface area contributed by atoms with Gasteiger partial charge in [0.2, 0.25) is 0 Å². The average Bonchev–Trinajstić information content (AvgIpc) is 1.46. The third kappa shape index (κ3) is 952. The molecule has 0 aliphatic heterocycles. The van der Waals surface area contributed by atoms with Crippen LogP contribution in [0.2, 0.25) is 0 Å². The van der Waals surface area contributed by atoms with Crippen LogP contribution >= 0.6 is 0 Å². The normalized spacial score (nSPS) is 4.80. The fourth-order valence-corrected chi connectivity index (χ4v) is 0. The Morgan fingerprint density at radius 1 is 1.20 bits per heavy atom. The van der Waals surface area contributed by atoms with Crippen LogP contribution in [0.15, 0.2) is 0 Å². The van der Waals surface area contributed by atoms with Crippen LogP contribution in [0.5, 0.6) is 0 Å². The van der Waals surface area contributed by atoms with E-state index in [1.54, 1.807) is 0 Å². The van der Waals surface area contributed by atoms with Crippen molar-refractivity contribution in [2.75, 3.05) is 14.1 Å². The second kappa shape index (κ2) is 41.6. The largest absolute Gasteiger partial charge is 0.323 e. The molecule has 0 heterocycles. The standard InChI is InChI=1S/C2H7N.H2O2/c1-3-2;1-2/h3H,1-2H3;1-2H. The van der Waals surface area contributed by atoms with Crippen molar-refractivity contribution in [1.82, 2.24) is 5.32 Å². The molecule has 0 bridgehead atoms. The fraction of sp³-hybridized carbons (Fsp3) is 1.00. The van der Waals surface area contributed by atoms with E-state index in [9.17, 15) is 0 Å². The highest BCUT2D eigenvalue weighted by atomic mass is 17.0. The maximum absolute atomic E-state index is 6.00. The molecule has 0 atom stereocenters. The van der Waals surface area contributed by atoms with E-state index in [4.69, 9.17) is 10.5 Å². The lowest BCUT2D eigenvalue weighted by atomic mass is 11.3. The molecule has 0 radical (unpaired) electrons. The van der Waals surface area contributed by atoms with Gasteiger partial charge in [0, 0.05) is 0 Å². The Bertz CT molecular complexity index is 7.61. The molecule has 0 aliphatic rings. The number of rotatable bonds is 0. The van der Waals surface area contributed by atoms with Gasteiger partial charge in [-0.2, -0.15) is 0 Å². The van der Waals surface area contributed by atoms with Crippen molar-refractivity contribution >= 4 is 0 Å². The summed E-state index contributed by atoms with van der Waals surface area (Å²) in [5.74, 6) is 0. The highest BCUT2D eigenvalue weighted by Gasteiger charge is 1.25. The maximum Gasteiger partial charge on any atom is -0.0167 e. The van der Waals surface area contributed by atoms with E-state index in [0.29, 0.717) is 0 Å². The average molecular weight is 79.1 g/mol. The molecule has 0 fully saturated rings. The molecule has 3 N–H and O–H groups in total. The topological polar surface area (TPSA) is 52.5 Å². The molecule has 34 valence electrons. The summed E-state index contributed by atoms with van der Waals surface area (Å²) in [6.07, 6.45) is 0. The quantitative estimate of drug-likeness (QED) is 0.279. The third-order valence-corrected chi connectivity index (χ3v) is 0. The fourth-order valence-electron chi connectivity index (χ4n) is 0. The minimum Gasteiger partial charge on any atom is -0.323 e. The van der Waals surface area contributed by atoms with Gasteiger partial charge < -0.3 is 5.32 Å². The summed E-state index contributed by atoms with van der Waals surface area (Å²) in [6.45, 7) is 0. The van der Waals surface area contributed by atoms with Gasteiger partial charge in [-0.3, -0.25) is 10.5 Å². The van der Waals surface area contributed by atoms with Gasteiger partial charge in [-0.15, -0.1) is 0 Å². The van der Waals surface area contributed by atoms with Crippen LogP contribution in [-0.4, -0.2) is 24.6 Å². The summed E-state index contributed by atoms with van der Waals surface area (Å²) in [6, 6.07) is 0. The van der Waals surface area contributed by atoms with E-state index in [0.717, 1.165) is 0 Å². The van der Waals surface area contributed by atoms with E-state index in [1.165, 1.54) is 0 Å². The first-order valence-electron chi connectivity index (χ1n) is 1.20. The van der Waals surface area contributed by atoms with Crippen LogP contribution in [0.1, 0.15) is 0 Å². The molecule has 5 heavy (non-hydrogen) atoms. The highest BCUT2D eigenvalue weighted by Crippen LogP contribution is 0.981. The van der Waals surface area contributed by atoms with E-state index in [-0.39, 0.29) is 0 Å². The first kappa shape index (κ1) is 8.86. The molecule has 0 spiro atoms. The zero-order valence-electron chi connectivity index (χ0n) is 3.39. The highest BCUT2D eigenvalue weighted by molar-refractivity contribution is 3.91. The minimum absolute atomic E-state index is 1.88. The van der Waals surface area contributed by atoms with Gasteiger partial charge >= 0.3 is 0 Å². The molecule has 3 nitrogen and oxygen atoms in total. The first-order valence-corrected chi connectivity index (χ1v) is 1.20. The van der Waals surface area contributed by atoms with E-state index >= 15 is 0 Å². The zero-order valence-corrected chi connectivity index (χ0v) is 3.39. The second-order valence-corrected chi connectivity index (χ2v) is 0.500. The molecule has 0 aromatic heterocycles. The summed E-state index contributed by atoms with van der Waals surface area (Å²) in [5.41, 5.74) is 0. The Hall–Kier alpha value is -0.120. The molecule has 0 saturated carbocycles. The summed E-state index contributed by atoms with van der Waals surface area (Å²) in [4.78, 5) is 0. The summed E-state index contributed by atoms with van der Waals surface area (Å²) >= 11 is 0. The van der Waals surface area contributed by atoms with Crippen LogP contribution < -0.4 is 5.32 Å². The van der Waals surface area contributed by atoms with Gasteiger partial charge in [-0.25, -0.2) is 0 Å². The Morgan fingerprint density at radius 3 is 1.20 bits per heavy atom. The lowest BCUT2D eigenvalue weighted by Gasteiger charge is -1.59. The molecule has 0 aromatic carbocycles. The van der Waals surface area contributed by atoms with E-state index in [1.807, 2.05) is 14.1 Å². The van der Waals surface area contributed by atoms with Gasteiger partial charge in [0.05, 0.1) is 0 Å². The first-order chi connectivity index (χ1) is 2.41. The predicted molar refractivity (Wildman–Crippen MR) is 20.2 cm³/mol. The molecule has 3 heteroatoms. The monoisotopic (exact) mass is 79.1 g/mol. The van der Waals surface area contributed by atoms with E-state index < -0.39 is 0 Å². The van der Waals surface area contributed by atoms with Crippen molar-refractivity contribution in [3.05, 3.63) is 0 Å². The van der Waals surface area contributed by atoms with Crippen LogP contribution in [-0.2, 0) is 0 Å². The maximum atomic E-state index is 6.00. The molecule has 0 rings (SSSR count).